The molecule has 0 spiro atoms. The highest BCUT2D eigenvalue weighted by Gasteiger charge is 2.42. The van der Waals surface area contributed by atoms with Crippen molar-refractivity contribution in [3.05, 3.63) is 114 Å². The van der Waals surface area contributed by atoms with Gasteiger partial charge in [-0.05, 0) is 104 Å². The molecule has 2 N–H and O–H groups in total. The van der Waals surface area contributed by atoms with Crippen LogP contribution in [0, 0.1) is 28.6 Å². The van der Waals surface area contributed by atoms with Gasteiger partial charge in [-0.15, -0.1) is 0 Å². The van der Waals surface area contributed by atoms with E-state index in [1.54, 1.807) is 42.5 Å². The average molecular weight is 639 g/mol. The van der Waals surface area contributed by atoms with Gasteiger partial charge in [-0.3, -0.25) is 18.9 Å². The zero-order valence-electron chi connectivity index (χ0n) is 27.5. The molecule has 0 aliphatic heterocycles. The van der Waals surface area contributed by atoms with Crippen molar-refractivity contribution in [2.24, 2.45) is 12.5 Å². The van der Waals surface area contributed by atoms with E-state index in [1.165, 1.54) is 6.08 Å². The molecule has 5 aromatic rings. The summed E-state index contributed by atoms with van der Waals surface area (Å²) < 4.78 is 19.5. The van der Waals surface area contributed by atoms with E-state index in [-0.39, 0.29) is 6.42 Å². The zero-order valence-corrected chi connectivity index (χ0v) is 27.5. The molecule has 9 nitrogen and oxygen atoms in total. The van der Waals surface area contributed by atoms with Crippen molar-refractivity contribution in [1.82, 2.24) is 24.1 Å². The Kier molecular flexibility index (Phi) is 8.43. The number of carbonyl (C=O) groups is 1. The topological polar surface area (TPSA) is 113 Å². The molecule has 48 heavy (non-hydrogen) atoms. The van der Waals surface area contributed by atoms with Gasteiger partial charge in [0.1, 0.15) is 16.9 Å². The van der Waals surface area contributed by atoms with Gasteiger partial charge in [0.2, 0.25) is 5.91 Å². The molecule has 10 heteroatoms. The molecular weight excluding hydrogens is 603 g/mol. The smallest absolute Gasteiger partial charge is 0.237 e. The predicted molar refractivity (Wildman–Crippen MR) is 185 cm³/mol. The molecule has 1 aliphatic rings. The average Bonchev–Trinajstić information content (AvgIpc) is 3.71. The van der Waals surface area contributed by atoms with E-state index in [4.69, 9.17) is 0 Å². The predicted octanol–water partition coefficient (Wildman–Crippen LogP) is 7.63. The number of imidazole rings is 1. The number of amides is 1. The van der Waals surface area contributed by atoms with Gasteiger partial charge in [0.05, 0.1) is 35.3 Å². The fourth-order valence-electron chi connectivity index (χ4n) is 5.67. The number of hydrogen-bond donors (Lipinski definition) is 2. The van der Waals surface area contributed by atoms with Crippen molar-refractivity contribution in [3.8, 4) is 29.0 Å². The van der Waals surface area contributed by atoms with Crippen molar-refractivity contribution in [3.63, 3.8) is 0 Å². The first-order valence-corrected chi connectivity index (χ1v) is 15.6. The van der Waals surface area contributed by atoms with Crippen molar-refractivity contribution in [2.75, 3.05) is 10.6 Å². The number of anilines is 3. The molecule has 1 unspecified atom stereocenters. The Morgan fingerprint density at radius 3 is 2.60 bits per heavy atom. The summed E-state index contributed by atoms with van der Waals surface area (Å²) in [5.41, 5.74) is 4.99. The lowest BCUT2D eigenvalue weighted by Gasteiger charge is -2.31. The third-order valence-corrected chi connectivity index (χ3v) is 8.69. The molecule has 240 valence electrons. The van der Waals surface area contributed by atoms with Crippen molar-refractivity contribution >= 4 is 28.6 Å². The molecule has 0 bridgehead atoms. The fourth-order valence-corrected chi connectivity index (χ4v) is 5.67. The molecule has 0 fully saturated rings. The number of rotatable bonds is 7. The second kappa shape index (κ2) is 12.7. The second-order valence-electron chi connectivity index (χ2n) is 12.6. The molecule has 0 radical (unpaired) electrons. The number of allylic oxidation sites excluding steroid dienone is 3. The number of nitrogens with one attached hydrogen (secondary N) is 2. The van der Waals surface area contributed by atoms with E-state index >= 15 is 4.39 Å². The van der Waals surface area contributed by atoms with E-state index in [0.29, 0.717) is 29.0 Å². The highest BCUT2D eigenvalue weighted by Crippen LogP contribution is 2.43. The largest absolute Gasteiger partial charge is 0.350 e. The van der Waals surface area contributed by atoms with Gasteiger partial charge < -0.3 is 10.6 Å². The van der Waals surface area contributed by atoms with E-state index in [1.807, 2.05) is 81.0 Å². The molecule has 1 aromatic carbocycles. The maximum absolute atomic E-state index is 15.9. The Balaban J connectivity index is 1.29. The summed E-state index contributed by atoms with van der Waals surface area (Å²) in [4.78, 5) is 22.6. The van der Waals surface area contributed by atoms with Gasteiger partial charge in [0.15, 0.2) is 5.65 Å². The Bertz CT molecular complexity index is 2210. The Morgan fingerprint density at radius 1 is 1.10 bits per heavy atom. The minimum Gasteiger partial charge on any atom is -0.350 e. The summed E-state index contributed by atoms with van der Waals surface area (Å²) >= 11 is 0. The summed E-state index contributed by atoms with van der Waals surface area (Å²) in [7, 11) is 1.85. The molecule has 1 amide bonds. The SMILES string of the molecule is CCC1=C(C#Cc2cnc3c(Nc4cnn(C)c4)cccn23)CC(C)(C(=O)Nc2cc(-c3ccncc3)cc(C(C)(C)C#N)c2)C(F)=C1. The number of fused-ring (bicyclic) bond motifs is 1. The van der Waals surface area contributed by atoms with Crippen LogP contribution in [0.4, 0.5) is 21.5 Å². The van der Waals surface area contributed by atoms with Crippen LogP contribution in [0.25, 0.3) is 16.8 Å². The van der Waals surface area contributed by atoms with Crippen LogP contribution in [0.15, 0.2) is 103 Å². The van der Waals surface area contributed by atoms with Crippen LogP contribution in [0.3, 0.4) is 0 Å². The second-order valence-corrected chi connectivity index (χ2v) is 12.6. The molecule has 6 rings (SSSR count). The minimum absolute atomic E-state index is 0.0858. The molecule has 4 aromatic heterocycles. The molecule has 4 heterocycles. The Labute approximate surface area is 278 Å². The number of aryl methyl sites for hydroxylation is 1. The number of nitriles is 1. The van der Waals surface area contributed by atoms with Crippen molar-refractivity contribution in [1.29, 1.82) is 5.26 Å². The van der Waals surface area contributed by atoms with Crippen molar-refractivity contribution in [2.45, 2.75) is 46.0 Å². The Morgan fingerprint density at radius 2 is 1.90 bits per heavy atom. The van der Waals surface area contributed by atoms with Crippen LogP contribution < -0.4 is 10.6 Å². The van der Waals surface area contributed by atoms with Gasteiger partial charge in [0, 0.05) is 49.5 Å². The summed E-state index contributed by atoms with van der Waals surface area (Å²) in [6.45, 7) is 7.18. The van der Waals surface area contributed by atoms with E-state index in [2.05, 4.69) is 43.6 Å². The van der Waals surface area contributed by atoms with Gasteiger partial charge in [-0.2, -0.15) is 10.4 Å². The first kappa shape index (κ1) is 32.0. The van der Waals surface area contributed by atoms with Crippen molar-refractivity contribution < 1.29 is 9.18 Å². The highest BCUT2D eigenvalue weighted by molar-refractivity contribution is 5.98. The number of benzene rings is 1. The van der Waals surface area contributed by atoms with E-state index in [0.717, 1.165) is 33.6 Å². The number of pyridine rings is 2. The van der Waals surface area contributed by atoms with Crippen LogP contribution >= 0.6 is 0 Å². The standard InChI is InChI=1S/C38H35FN8O/c1-6-25-18-34(39)38(4,36(48)45-30-17-28(26-11-13-41-14-12-26)16-29(19-30)37(2,3)24-40)20-27(25)9-10-32-22-42-35-33(8-7-15-47(32)35)44-31-21-43-46(5)23-31/h7-8,11-19,21-23,44H,6,20H2,1-5H3,(H,45,48). The number of carbonyl (C=O) groups excluding carboxylic acids is 1. The van der Waals surface area contributed by atoms with Gasteiger partial charge in [0.25, 0.3) is 0 Å². The lowest BCUT2D eigenvalue weighted by atomic mass is 9.75. The summed E-state index contributed by atoms with van der Waals surface area (Å²) in [5.74, 6) is 5.45. The summed E-state index contributed by atoms with van der Waals surface area (Å²) in [6.07, 6.45) is 12.6. The maximum Gasteiger partial charge on any atom is 0.237 e. The molecular formula is C38H35FN8O. The Hall–Kier alpha value is -6.00. The molecule has 1 aliphatic carbocycles. The van der Waals surface area contributed by atoms with Gasteiger partial charge >= 0.3 is 0 Å². The maximum atomic E-state index is 15.9. The quantitative estimate of drug-likeness (QED) is 0.177. The number of hydrogen-bond acceptors (Lipinski definition) is 6. The molecule has 1 atom stereocenters. The lowest BCUT2D eigenvalue weighted by Crippen LogP contribution is -2.36. The summed E-state index contributed by atoms with van der Waals surface area (Å²) in [6, 6.07) is 15.4. The molecule has 0 saturated heterocycles. The normalized spacial score (nSPS) is 16.1. The zero-order chi connectivity index (χ0) is 34.1. The fraction of sp³-hybridized carbons (Fsp3) is 0.237. The number of aromatic nitrogens is 5. The summed E-state index contributed by atoms with van der Waals surface area (Å²) in [5, 5.41) is 20.4. The third kappa shape index (κ3) is 6.21. The van der Waals surface area contributed by atoms with Crippen LogP contribution in [0.2, 0.25) is 0 Å². The van der Waals surface area contributed by atoms with E-state index in [9.17, 15) is 10.1 Å². The first-order chi connectivity index (χ1) is 23.0. The number of nitrogens with zero attached hydrogens (tertiary/aromatic N) is 6. The van der Waals surface area contributed by atoms with E-state index < -0.39 is 22.6 Å². The van der Waals surface area contributed by atoms with Gasteiger partial charge in [-0.25, -0.2) is 9.37 Å². The number of halogens is 1. The van der Waals surface area contributed by atoms with Crippen LogP contribution in [-0.4, -0.2) is 30.1 Å². The lowest BCUT2D eigenvalue weighted by molar-refractivity contribution is -0.123. The molecule has 0 saturated carbocycles. The third-order valence-electron chi connectivity index (χ3n) is 8.69. The van der Waals surface area contributed by atoms with Gasteiger partial charge in [-0.1, -0.05) is 12.8 Å². The van der Waals surface area contributed by atoms with Crippen LogP contribution in [0.5, 0.6) is 0 Å². The first-order valence-electron chi connectivity index (χ1n) is 15.6. The monoisotopic (exact) mass is 638 g/mol. The van der Waals surface area contributed by atoms with Crippen LogP contribution in [-0.2, 0) is 17.3 Å². The minimum atomic E-state index is -1.50. The highest BCUT2D eigenvalue weighted by atomic mass is 19.1. The van der Waals surface area contributed by atoms with Crippen LogP contribution in [0.1, 0.15) is 51.8 Å².